The lowest BCUT2D eigenvalue weighted by Gasteiger charge is -2.14. The molecule has 21 heavy (non-hydrogen) atoms. The summed E-state index contributed by atoms with van der Waals surface area (Å²) >= 11 is 11.7. The van der Waals surface area contributed by atoms with Crippen molar-refractivity contribution in [3.05, 3.63) is 51.8 Å². The molecule has 0 amide bonds. The maximum Gasteiger partial charge on any atom is 0.339 e. The third kappa shape index (κ3) is 5.13. The fourth-order valence-corrected chi connectivity index (χ4v) is 1.79. The molecule has 0 saturated heterocycles. The maximum absolute atomic E-state index is 11.3. The number of carbonyl (C=O) groups excluding carboxylic acids is 1. The molecule has 0 saturated carbocycles. The summed E-state index contributed by atoms with van der Waals surface area (Å²) in [4.78, 5) is 23.6. The fraction of sp³-hybridized carbons (Fsp3) is 0.143. The molecule has 0 atom stereocenters. The first-order valence-corrected chi connectivity index (χ1v) is 6.60. The van der Waals surface area contributed by atoms with Gasteiger partial charge in [-0.2, -0.15) is 0 Å². The third-order valence-corrected chi connectivity index (χ3v) is 3.08. The van der Waals surface area contributed by atoms with Crippen LogP contribution in [0.25, 0.3) is 0 Å². The van der Waals surface area contributed by atoms with Crippen molar-refractivity contribution in [3.8, 4) is 0 Å². The van der Waals surface area contributed by atoms with E-state index in [-0.39, 0.29) is 11.3 Å². The number of carboxylic acid groups (broad SMARTS) is 1. The number of benzene rings is 1. The summed E-state index contributed by atoms with van der Waals surface area (Å²) in [6.07, 6.45) is 3.03. The van der Waals surface area contributed by atoms with E-state index in [4.69, 9.17) is 23.2 Å². The van der Waals surface area contributed by atoms with Crippen LogP contribution in [0.2, 0.25) is 10.0 Å². The molecule has 1 rings (SSSR count). The molecule has 0 heterocycles. The molecule has 0 aliphatic rings. The SMILES string of the molecule is CN(C)/C=C(C(=O)O)\C(=C/C=O)Nc1ccc(Cl)c(Cl)c1. The maximum atomic E-state index is 11.3. The van der Waals surface area contributed by atoms with E-state index in [9.17, 15) is 14.7 Å². The molecule has 2 N–H and O–H groups in total. The van der Waals surface area contributed by atoms with Crippen LogP contribution in [0.15, 0.2) is 41.7 Å². The Morgan fingerprint density at radius 1 is 1.29 bits per heavy atom. The van der Waals surface area contributed by atoms with Crippen molar-refractivity contribution >= 4 is 41.1 Å². The molecule has 112 valence electrons. The largest absolute Gasteiger partial charge is 0.478 e. The summed E-state index contributed by atoms with van der Waals surface area (Å²) in [5.41, 5.74) is 0.603. The first-order valence-electron chi connectivity index (χ1n) is 5.84. The van der Waals surface area contributed by atoms with Crippen molar-refractivity contribution in [2.75, 3.05) is 19.4 Å². The van der Waals surface area contributed by atoms with E-state index in [0.717, 1.165) is 6.08 Å². The Bertz CT molecular complexity index is 610. The number of hydrogen-bond donors (Lipinski definition) is 2. The lowest BCUT2D eigenvalue weighted by molar-refractivity contribution is -0.132. The Balaban J connectivity index is 3.17. The van der Waals surface area contributed by atoms with Gasteiger partial charge in [0.1, 0.15) is 6.29 Å². The normalized spacial score (nSPS) is 12.0. The fourth-order valence-electron chi connectivity index (χ4n) is 1.49. The Hall–Kier alpha value is -1.98. The summed E-state index contributed by atoms with van der Waals surface area (Å²) in [5.74, 6) is -1.16. The number of halogens is 2. The van der Waals surface area contributed by atoms with Crippen molar-refractivity contribution in [3.63, 3.8) is 0 Å². The molecular weight excluding hydrogens is 315 g/mol. The molecule has 0 aromatic heterocycles. The van der Waals surface area contributed by atoms with E-state index >= 15 is 0 Å². The van der Waals surface area contributed by atoms with Gasteiger partial charge in [0.25, 0.3) is 0 Å². The zero-order valence-electron chi connectivity index (χ0n) is 11.4. The number of carbonyl (C=O) groups is 2. The molecule has 1 aromatic carbocycles. The lowest BCUT2D eigenvalue weighted by Crippen LogP contribution is -2.15. The zero-order valence-corrected chi connectivity index (χ0v) is 12.9. The van der Waals surface area contributed by atoms with E-state index in [1.165, 1.54) is 12.3 Å². The van der Waals surface area contributed by atoms with Gasteiger partial charge >= 0.3 is 5.97 Å². The van der Waals surface area contributed by atoms with Crippen LogP contribution in [0.4, 0.5) is 5.69 Å². The number of nitrogens with zero attached hydrogens (tertiary/aromatic N) is 1. The first-order chi connectivity index (χ1) is 9.85. The monoisotopic (exact) mass is 328 g/mol. The van der Waals surface area contributed by atoms with Gasteiger partial charge in [0.2, 0.25) is 0 Å². The number of aldehydes is 1. The van der Waals surface area contributed by atoms with Crippen molar-refractivity contribution in [2.24, 2.45) is 0 Å². The lowest BCUT2D eigenvalue weighted by atomic mass is 10.1. The van der Waals surface area contributed by atoms with Crippen LogP contribution in [-0.2, 0) is 9.59 Å². The highest BCUT2D eigenvalue weighted by molar-refractivity contribution is 6.42. The second kappa shape index (κ2) is 7.71. The molecule has 5 nitrogen and oxygen atoms in total. The quantitative estimate of drug-likeness (QED) is 0.477. The van der Waals surface area contributed by atoms with Crippen molar-refractivity contribution in [1.29, 1.82) is 0 Å². The summed E-state index contributed by atoms with van der Waals surface area (Å²) < 4.78 is 0. The van der Waals surface area contributed by atoms with Gasteiger partial charge in [-0.1, -0.05) is 23.2 Å². The van der Waals surface area contributed by atoms with Gasteiger partial charge < -0.3 is 15.3 Å². The highest BCUT2D eigenvalue weighted by Gasteiger charge is 2.14. The second-order valence-electron chi connectivity index (χ2n) is 4.28. The average molecular weight is 329 g/mol. The Kier molecular flexibility index (Phi) is 6.27. The average Bonchev–Trinajstić information content (AvgIpc) is 2.39. The van der Waals surface area contributed by atoms with Gasteiger partial charge in [-0.3, -0.25) is 4.79 Å². The Labute approximate surface area is 132 Å². The van der Waals surface area contributed by atoms with Gasteiger partial charge in [-0.05, 0) is 18.2 Å². The number of allylic oxidation sites excluding steroid dienone is 1. The van der Waals surface area contributed by atoms with Gasteiger partial charge in [-0.15, -0.1) is 0 Å². The van der Waals surface area contributed by atoms with E-state index in [1.54, 1.807) is 31.1 Å². The molecule has 1 aromatic rings. The minimum atomic E-state index is -1.16. The minimum absolute atomic E-state index is 0.0572. The number of rotatable bonds is 6. The van der Waals surface area contributed by atoms with Crippen LogP contribution in [0.3, 0.4) is 0 Å². The number of carboxylic acids is 1. The smallest absolute Gasteiger partial charge is 0.339 e. The highest BCUT2D eigenvalue weighted by atomic mass is 35.5. The molecule has 0 aliphatic heterocycles. The van der Waals surface area contributed by atoms with E-state index in [0.29, 0.717) is 22.0 Å². The predicted octanol–water partition coefficient (Wildman–Crippen LogP) is 3.02. The van der Waals surface area contributed by atoms with Crippen LogP contribution in [0.5, 0.6) is 0 Å². The second-order valence-corrected chi connectivity index (χ2v) is 5.10. The van der Waals surface area contributed by atoms with Gasteiger partial charge in [0.15, 0.2) is 0 Å². The van der Waals surface area contributed by atoms with Crippen LogP contribution in [0.1, 0.15) is 0 Å². The minimum Gasteiger partial charge on any atom is -0.478 e. The van der Waals surface area contributed by atoms with Gasteiger partial charge in [0.05, 0.1) is 21.3 Å². The standard InChI is InChI=1S/C14H14Cl2N2O3/c1-18(2)8-10(14(20)21)13(5-6-19)17-9-3-4-11(15)12(16)7-9/h3-8,17H,1-2H3,(H,20,21)/b10-8+,13-5+. The molecule has 0 radical (unpaired) electrons. The number of anilines is 1. The molecule has 0 spiro atoms. The molecule has 0 unspecified atom stereocenters. The van der Waals surface area contributed by atoms with Crippen molar-refractivity contribution in [2.45, 2.75) is 0 Å². The van der Waals surface area contributed by atoms with Crippen LogP contribution >= 0.6 is 23.2 Å². The highest BCUT2D eigenvalue weighted by Crippen LogP contribution is 2.26. The molecular formula is C14H14Cl2N2O3. The number of nitrogens with one attached hydrogen (secondary N) is 1. The Morgan fingerprint density at radius 2 is 1.95 bits per heavy atom. The summed E-state index contributed by atoms with van der Waals surface area (Å²) in [6.45, 7) is 0. The van der Waals surface area contributed by atoms with E-state index < -0.39 is 5.97 Å². The molecule has 0 fully saturated rings. The van der Waals surface area contributed by atoms with Crippen LogP contribution in [-0.4, -0.2) is 36.4 Å². The predicted molar refractivity (Wildman–Crippen MR) is 83.6 cm³/mol. The van der Waals surface area contributed by atoms with Crippen molar-refractivity contribution < 1.29 is 14.7 Å². The summed E-state index contributed by atoms with van der Waals surface area (Å²) in [7, 11) is 3.36. The number of aliphatic carboxylic acids is 1. The topological polar surface area (TPSA) is 69.6 Å². The molecule has 0 bridgehead atoms. The van der Waals surface area contributed by atoms with E-state index in [1.807, 2.05) is 0 Å². The number of hydrogen-bond acceptors (Lipinski definition) is 4. The summed E-state index contributed by atoms with van der Waals surface area (Å²) in [5, 5.41) is 12.8. The Morgan fingerprint density at radius 3 is 2.43 bits per heavy atom. The third-order valence-electron chi connectivity index (χ3n) is 2.34. The van der Waals surface area contributed by atoms with Gasteiger partial charge in [-0.25, -0.2) is 4.79 Å². The van der Waals surface area contributed by atoms with Crippen LogP contribution in [0, 0.1) is 0 Å². The zero-order chi connectivity index (χ0) is 16.0. The first kappa shape index (κ1) is 17.1. The summed E-state index contributed by atoms with van der Waals surface area (Å²) in [6, 6.07) is 4.74. The van der Waals surface area contributed by atoms with Crippen LogP contribution < -0.4 is 5.32 Å². The molecule has 7 heteroatoms. The van der Waals surface area contributed by atoms with Gasteiger partial charge in [0, 0.05) is 32.1 Å². The van der Waals surface area contributed by atoms with E-state index in [2.05, 4.69) is 5.32 Å². The molecule has 0 aliphatic carbocycles. The van der Waals surface area contributed by atoms with Crippen molar-refractivity contribution in [1.82, 2.24) is 4.90 Å².